The number of nitrogens with one attached hydrogen (secondary N) is 1. The lowest BCUT2D eigenvalue weighted by molar-refractivity contribution is -0.0829. The molecule has 4 unspecified atom stereocenters. The van der Waals surface area contributed by atoms with Gasteiger partial charge in [0.05, 0.1) is 0 Å². The molecule has 0 amide bonds. The Balaban J connectivity index is 2.03. The van der Waals surface area contributed by atoms with Crippen LogP contribution in [0, 0.1) is 17.3 Å². The third-order valence-electron chi connectivity index (χ3n) is 5.43. The van der Waals surface area contributed by atoms with Crippen molar-refractivity contribution in [2.75, 3.05) is 6.54 Å². The maximum atomic E-state index is 3.84. The van der Waals surface area contributed by atoms with Crippen LogP contribution in [-0.2, 0) is 0 Å². The highest BCUT2D eigenvalue weighted by Gasteiger charge is 2.56. The molecule has 2 aliphatic carbocycles. The summed E-state index contributed by atoms with van der Waals surface area (Å²) in [6.45, 7) is 8.41. The molecular formula is C15H29N. The van der Waals surface area contributed by atoms with Crippen LogP contribution in [-0.4, -0.2) is 12.6 Å². The molecule has 1 N–H and O–H groups in total. The van der Waals surface area contributed by atoms with Crippen molar-refractivity contribution in [1.82, 2.24) is 5.32 Å². The normalized spacial score (nSPS) is 43.3. The van der Waals surface area contributed by atoms with Gasteiger partial charge in [-0.05, 0) is 49.5 Å². The van der Waals surface area contributed by atoms with Gasteiger partial charge in [0.15, 0.2) is 0 Å². The van der Waals surface area contributed by atoms with Crippen molar-refractivity contribution in [2.24, 2.45) is 17.3 Å². The molecule has 94 valence electrons. The lowest BCUT2D eigenvalue weighted by atomic mass is 9.48. The fourth-order valence-electron chi connectivity index (χ4n) is 4.32. The monoisotopic (exact) mass is 223 g/mol. The van der Waals surface area contributed by atoms with Crippen molar-refractivity contribution in [3.8, 4) is 0 Å². The highest BCUT2D eigenvalue weighted by Crippen LogP contribution is 2.58. The largest absolute Gasteiger partial charge is 0.313 e. The first-order chi connectivity index (χ1) is 7.74. The molecule has 1 nitrogen and oxygen atoms in total. The molecule has 4 atom stereocenters. The van der Waals surface area contributed by atoms with Crippen molar-refractivity contribution >= 4 is 0 Å². The first-order valence-electron chi connectivity index (χ1n) is 7.47. The van der Waals surface area contributed by atoms with Gasteiger partial charge < -0.3 is 5.32 Å². The average Bonchev–Trinajstić information content (AvgIpc) is 2.52. The number of hydrogen-bond donors (Lipinski definition) is 1. The second kappa shape index (κ2) is 5.08. The van der Waals surface area contributed by atoms with E-state index in [1.807, 2.05) is 0 Å². The molecular weight excluding hydrogens is 194 g/mol. The Morgan fingerprint density at radius 2 is 1.88 bits per heavy atom. The average molecular weight is 223 g/mol. The summed E-state index contributed by atoms with van der Waals surface area (Å²) in [6.07, 6.45) is 10.1. The van der Waals surface area contributed by atoms with Gasteiger partial charge in [0, 0.05) is 6.04 Å². The summed E-state index contributed by atoms with van der Waals surface area (Å²) in [4.78, 5) is 0. The smallest absolute Gasteiger partial charge is 0.0155 e. The van der Waals surface area contributed by atoms with E-state index in [1.54, 1.807) is 0 Å². The van der Waals surface area contributed by atoms with Crippen LogP contribution in [0.2, 0.25) is 0 Å². The second-order valence-electron chi connectivity index (χ2n) is 6.20. The molecule has 0 bridgehead atoms. The van der Waals surface area contributed by atoms with Gasteiger partial charge >= 0.3 is 0 Å². The third-order valence-corrected chi connectivity index (χ3v) is 5.43. The summed E-state index contributed by atoms with van der Waals surface area (Å²) in [5.74, 6) is 2.02. The predicted octanol–water partition coefficient (Wildman–Crippen LogP) is 3.98. The van der Waals surface area contributed by atoms with E-state index in [2.05, 4.69) is 26.1 Å². The maximum Gasteiger partial charge on any atom is 0.0155 e. The summed E-state index contributed by atoms with van der Waals surface area (Å²) >= 11 is 0. The molecule has 16 heavy (non-hydrogen) atoms. The van der Waals surface area contributed by atoms with E-state index in [4.69, 9.17) is 0 Å². The lowest BCUT2D eigenvalue weighted by Crippen LogP contribution is -2.64. The summed E-state index contributed by atoms with van der Waals surface area (Å²) in [6, 6.07) is 0.820. The fourth-order valence-corrected chi connectivity index (χ4v) is 4.32. The second-order valence-corrected chi connectivity index (χ2v) is 6.20. The lowest BCUT2D eigenvalue weighted by Gasteiger charge is -2.60. The van der Waals surface area contributed by atoms with Crippen LogP contribution in [0.3, 0.4) is 0 Å². The Bertz CT molecular complexity index is 225. The quantitative estimate of drug-likeness (QED) is 0.760. The van der Waals surface area contributed by atoms with Gasteiger partial charge in [-0.1, -0.05) is 40.0 Å². The first kappa shape index (κ1) is 12.4. The summed E-state index contributed by atoms with van der Waals surface area (Å²) in [5.41, 5.74) is 0.601. The minimum absolute atomic E-state index is 0.601. The first-order valence-corrected chi connectivity index (χ1v) is 7.47. The van der Waals surface area contributed by atoms with Crippen molar-refractivity contribution in [1.29, 1.82) is 0 Å². The molecule has 0 saturated heterocycles. The minimum Gasteiger partial charge on any atom is -0.313 e. The summed E-state index contributed by atoms with van der Waals surface area (Å²) in [5, 5.41) is 3.84. The Morgan fingerprint density at radius 3 is 2.56 bits per heavy atom. The molecule has 0 spiro atoms. The van der Waals surface area contributed by atoms with E-state index in [0.29, 0.717) is 5.41 Å². The van der Waals surface area contributed by atoms with E-state index < -0.39 is 0 Å². The van der Waals surface area contributed by atoms with Gasteiger partial charge in [-0.3, -0.25) is 0 Å². The van der Waals surface area contributed by atoms with Gasteiger partial charge in [0.1, 0.15) is 0 Å². The SMILES string of the molecule is CCCNC1C2CCCCCC2C1(C)CC. The van der Waals surface area contributed by atoms with E-state index in [9.17, 15) is 0 Å². The number of fused-ring (bicyclic) bond motifs is 1. The molecule has 2 fully saturated rings. The van der Waals surface area contributed by atoms with Crippen LogP contribution in [0.5, 0.6) is 0 Å². The summed E-state index contributed by atoms with van der Waals surface area (Å²) in [7, 11) is 0. The number of rotatable bonds is 4. The van der Waals surface area contributed by atoms with Crippen molar-refractivity contribution in [3.05, 3.63) is 0 Å². The van der Waals surface area contributed by atoms with Crippen LogP contribution in [0.25, 0.3) is 0 Å². The Kier molecular flexibility index (Phi) is 3.94. The number of hydrogen-bond acceptors (Lipinski definition) is 1. The molecule has 0 aromatic heterocycles. The standard InChI is InChI=1S/C15H29N/c1-4-11-16-14-12-9-7-6-8-10-13(12)15(14,3)5-2/h12-14,16H,4-11H2,1-3H3. The zero-order valence-corrected chi connectivity index (χ0v) is 11.4. The Morgan fingerprint density at radius 1 is 1.12 bits per heavy atom. The van der Waals surface area contributed by atoms with Crippen molar-refractivity contribution in [3.63, 3.8) is 0 Å². The highest BCUT2D eigenvalue weighted by molar-refractivity contribution is 5.09. The molecule has 0 aliphatic heterocycles. The van der Waals surface area contributed by atoms with Crippen LogP contribution < -0.4 is 5.32 Å². The van der Waals surface area contributed by atoms with Crippen LogP contribution in [0.15, 0.2) is 0 Å². The zero-order chi connectivity index (χ0) is 11.6. The minimum atomic E-state index is 0.601. The molecule has 1 heteroatoms. The van der Waals surface area contributed by atoms with Crippen molar-refractivity contribution < 1.29 is 0 Å². The van der Waals surface area contributed by atoms with Crippen LogP contribution in [0.4, 0.5) is 0 Å². The molecule has 2 rings (SSSR count). The molecule has 2 aliphatic rings. The molecule has 2 saturated carbocycles. The summed E-state index contributed by atoms with van der Waals surface area (Å²) < 4.78 is 0. The molecule has 0 aromatic rings. The zero-order valence-electron chi connectivity index (χ0n) is 11.4. The van der Waals surface area contributed by atoms with Gasteiger partial charge in [0.25, 0.3) is 0 Å². The van der Waals surface area contributed by atoms with E-state index in [0.717, 1.165) is 17.9 Å². The van der Waals surface area contributed by atoms with Gasteiger partial charge in [-0.25, -0.2) is 0 Å². The molecule has 0 radical (unpaired) electrons. The van der Waals surface area contributed by atoms with Crippen LogP contribution in [0.1, 0.15) is 65.7 Å². The Labute approximate surface area is 101 Å². The highest BCUT2D eigenvalue weighted by atomic mass is 15.0. The molecule has 0 aromatic carbocycles. The van der Waals surface area contributed by atoms with Gasteiger partial charge in [0.2, 0.25) is 0 Å². The van der Waals surface area contributed by atoms with Gasteiger partial charge in [-0.2, -0.15) is 0 Å². The van der Waals surface area contributed by atoms with Crippen LogP contribution >= 0.6 is 0 Å². The van der Waals surface area contributed by atoms with Crippen molar-refractivity contribution in [2.45, 2.75) is 71.8 Å². The van der Waals surface area contributed by atoms with Gasteiger partial charge in [-0.15, -0.1) is 0 Å². The van der Waals surface area contributed by atoms with E-state index >= 15 is 0 Å². The fraction of sp³-hybridized carbons (Fsp3) is 1.00. The Hall–Kier alpha value is -0.0400. The predicted molar refractivity (Wildman–Crippen MR) is 70.5 cm³/mol. The maximum absolute atomic E-state index is 3.84. The third kappa shape index (κ3) is 1.92. The topological polar surface area (TPSA) is 12.0 Å². The molecule has 0 heterocycles. The van der Waals surface area contributed by atoms with E-state index in [-0.39, 0.29) is 0 Å². The van der Waals surface area contributed by atoms with E-state index in [1.165, 1.54) is 51.5 Å².